The zero-order chi connectivity index (χ0) is 15.9. The lowest BCUT2D eigenvalue weighted by Crippen LogP contribution is -2.38. The quantitative estimate of drug-likeness (QED) is 0.825. The summed E-state index contributed by atoms with van der Waals surface area (Å²) in [5.74, 6) is 0.178. The smallest absolute Gasteiger partial charge is 0.263 e. The zero-order valence-electron chi connectivity index (χ0n) is 13.0. The lowest BCUT2D eigenvalue weighted by atomic mass is 10.0. The molecule has 2 N–H and O–H groups in total. The van der Waals surface area contributed by atoms with Crippen LogP contribution >= 0.6 is 11.3 Å². The van der Waals surface area contributed by atoms with Gasteiger partial charge in [-0.15, -0.1) is 11.3 Å². The Morgan fingerprint density at radius 2 is 2.05 bits per heavy atom. The predicted molar refractivity (Wildman–Crippen MR) is 89.2 cm³/mol. The molecule has 0 spiro atoms. The molecule has 1 atom stereocenters. The van der Waals surface area contributed by atoms with Gasteiger partial charge < -0.3 is 10.4 Å². The van der Waals surface area contributed by atoms with Gasteiger partial charge in [-0.3, -0.25) is 4.79 Å². The van der Waals surface area contributed by atoms with Crippen molar-refractivity contribution in [1.82, 2.24) is 10.3 Å². The Labute approximate surface area is 135 Å². The van der Waals surface area contributed by atoms with Crippen molar-refractivity contribution in [2.45, 2.75) is 32.7 Å². The molecular formula is C17H22N2O2S. The number of aliphatic hydroxyl groups excluding tert-OH is 1. The van der Waals surface area contributed by atoms with E-state index in [0.29, 0.717) is 11.3 Å². The highest BCUT2D eigenvalue weighted by atomic mass is 32.1. The molecule has 1 amide bonds. The van der Waals surface area contributed by atoms with Crippen LogP contribution in [0, 0.1) is 5.92 Å². The number of benzene rings is 1. The van der Waals surface area contributed by atoms with Gasteiger partial charge in [0.2, 0.25) is 0 Å². The van der Waals surface area contributed by atoms with Gasteiger partial charge in [-0.25, -0.2) is 4.98 Å². The number of aliphatic hydroxyl groups is 1. The number of nitrogens with zero attached hydrogens (tertiary/aromatic N) is 1. The molecule has 4 nitrogen and oxygen atoms in total. The molecule has 0 saturated carbocycles. The fourth-order valence-corrected chi connectivity index (χ4v) is 3.07. The summed E-state index contributed by atoms with van der Waals surface area (Å²) in [7, 11) is 0. The molecule has 1 aromatic heterocycles. The van der Waals surface area contributed by atoms with Crippen LogP contribution in [0.2, 0.25) is 0 Å². The van der Waals surface area contributed by atoms with Crippen molar-refractivity contribution in [1.29, 1.82) is 0 Å². The highest BCUT2D eigenvalue weighted by Gasteiger charge is 2.18. The monoisotopic (exact) mass is 318 g/mol. The minimum Gasteiger partial charge on any atom is -0.396 e. The Balaban J connectivity index is 1.99. The molecule has 0 bridgehead atoms. The van der Waals surface area contributed by atoms with Crippen molar-refractivity contribution < 1.29 is 9.90 Å². The van der Waals surface area contributed by atoms with Crippen LogP contribution in [0.4, 0.5) is 0 Å². The molecule has 1 aromatic carbocycles. The molecule has 0 saturated heterocycles. The first-order valence-electron chi connectivity index (χ1n) is 7.50. The fourth-order valence-electron chi connectivity index (χ4n) is 2.22. The van der Waals surface area contributed by atoms with Crippen molar-refractivity contribution in [3.63, 3.8) is 0 Å². The van der Waals surface area contributed by atoms with Gasteiger partial charge in [0, 0.05) is 19.1 Å². The van der Waals surface area contributed by atoms with Crippen LogP contribution in [0.15, 0.2) is 36.5 Å². The molecule has 0 radical (unpaired) electrons. The summed E-state index contributed by atoms with van der Waals surface area (Å²) in [6.45, 7) is 4.15. The number of amides is 1. The number of thiazole rings is 1. The molecular weight excluding hydrogens is 296 g/mol. The van der Waals surface area contributed by atoms with E-state index < -0.39 is 0 Å². The summed E-state index contributed by atoms with van der Waals surface area (Å²) in [4.78, 5) is 17.2. The standard InChI is InChI=1S/C17H22N2O2S/c1-12(2)14(8-9-20)19-17(21)15-11-18-16(22-15)10-13-6-4-3-5-7-13/h3-7,11-12,14,20H,8-10H2,1-2H3,(H,19,21). The normalized spacial score (nSPS) is 12.4. The molecule has 22 heavy (non-hydrogen) atoms. The first kappa shape index (κ1) is 16.6. The van der Waals surface area contributed by atoms with E-state index in [0.717, 1.165) is 11.4 Å². The van der Waals surface area contributed by atoms with E-state index in [1.807, 2.05) is 32.0 Å². The summed E-state index contributed by atoms with van der Waals surface area (Å²) >= 11 is 1.42. The molecule has 1 unspecified atom stereocenters. The van der Waals surface area contributed by atoms with Crippen LogP contribution in [0.1, 0.15) is 40.5 Å². The second kappa shape index (κ2) is 8.06. The molecule has 0 fully saturated rings. The SMILES string of the molecule is CC(C)C(CCO)NC(=O)c1cnc(Cc2ccccc2)s1. The van der Waals surface area contributed by atoms with Crippen LogP contribution in [-0.4, -0.2) is 28.6 Å². The number of nitrogens with one attached hydrogen (secondary N) is 1. The predicted octanol–water partition coefficient (Wildman–Crippen LogP) is 2.87. The minimum absolute atomic E-state index is 0.0165. The van der Waals surface area contributed by atoms with Gasteiger partial charge in [0.15, 0.2) is 0 Å². The number of carbonyl (C=O) groups is 1. The van der Waals surface area contributed by atoms with Crippen LogP contribution in [-0.2, 0) is 6.42 Å². The molecule has 5 heteroatoms. The van der Waals surface area contributed by atoms with Gasteiger partial charge in [-0.2, -0.15) is 0 Å². The van der Waals surface area contributed by atoms with Gasteiger partial charge in [0.25, 0.3) is 5.91 Å². The Kier molecular flexibility index (Phi) is 6.10. The Bertz CT molecular complexity index is 596. The first-order chi connectivity index (χ1) is 10.6. The number of aromatic nitrogens is 1. The first-order valence-corrected chi connectivity index (χ1v) is 8.32. The van der Waals surface area contributed by atoms with Crippen LogP contribution in [0.25, 0.3) is 0 Å². The van der Waals surface area contributed by atoms with Crippen molar-refractivity contribution >= 4 is 17.2 Å². The highest BCUT2D eigenvalue weighted by molar-refractivity contribution is 7.13. The van der Waals surface area contributed by atoms with E-state index >= 15 is 0 Å². The van der Waals surface area contributed by atoms with Gasteiger partial charge in [-0.05, 0) is 17.9 Å². The topological polar surface area (TPSA) is 62.2 Å². The number of hydrogen-bond acceptors (Lipinski definition) is 4. The maximum absolute atomic E-state index is 12.3. The van der Waals surface area contributed by atoms with E-state index in [1.165, 1.54) is 16.9 Å². The van der Waals surface area contributed by atoms with E-state index in [2.05, 4.69) is 22.4 Å². The maximum Gasteiger partial charge on any atom is 0.263 e. The Morgan fingerprint density at radius 3 is 2.68 bits per heavy atom. The van der Waals surface area contributed by atoms with E-state index in [1.54, 1.807) is 6.20 Å². The number of rotatable bonds is 7. The summed E-state index contributed by atoms with van der Waals surface area (Å²) < 4.78 is 0. The van der Waals surface area contributed by atoms with Crippen molar-refractivity contribution in [3.05, 3.63) is 52.0 Å². The number of hydrogen-bond donors (Lipinski definition) is 2. The van der Waals surface area contributed by atoms with Crippen LogP contribution in [0.3, 0.4) is 0 Å². The molecule has 118 valence electrons. The van der Waals surface area contributed by atoms with Crippen LogP contribution < -0.4 is 5.32 Å². The molecule has 0 aliphatic rings. The van der Waals surface area contributed by atoms with Gasteiger partial charge in [0.1, 0.15) is 4.88 Å². The van der Waals surface area contributed by atoms with Crippen LogP contribution in [0.5, 0.6) is 0 Å². The summed E-state index contributed by atoms with van der Waals surface area (Å²) in [5, 5.41) is 13.0. The van der Waals surface area contributed by atoms with Crippen molar-refractivity contribution in [2.75, 3.05) is 6.61 Å². The molecule has 2 rings (SSSR count). The van der Waals surface area contributed by atoms with Crippen molar-refractivity contribution in [2.24, 2.45) is 5.92 Å². The largest absolute Gasteiger partial charge is 0.396 e. The van der Waals surface area contributed by atoms with E-state index in [-0.39, 0.29) is 24.5 Å². The third-order valence-corrected chi connectivity index (χ3v) is 4.53. The summed E-state index contributed by atoms with van der Waals surface area (Å²) in [6.07, 6.45) is 2.94. The minimum atomic E-state index is -0.107. The van der Waals surface area contributed by atoms with Gasteiger partial charge in [0.05, 0.1) is 11.2 Å². The van der Waals surface area contributed by atoms with Crippen molar-refractivity contribution in [3.8, 4) is 0 Å². The van der Waals surface area contributed by atoms with E-state index in [4.69, 9.17) is 5.11 Å². The second-order valence-electron chi connectivity index (χ2n) is 5.62. The third-order valence-electron chi connectivity index (χ3n) is 3.54. The molecule has 0 aliphatic carbocycles. The lowest BCUT2D eigenvalue weighted by molar-refractivity contribution is 0.0920. The second-order valence-corrected chi connectivity index (χ2v) is 6.73. The third kappa shape index (κ3) is 4.64. The Morgan fingerprint density at radius 1 is 1.32 bits per heavy atom. The van der Waals surface area contributed by atoms with Gasteiger partial charge in [-0.1, -0.05) is 44.2 Å². The summed E-state index contributed by atoms with van der Waals surface area (Å²) in [6, 6.07) is 10.1. The average molecular weight is 318 g/mol. The highest BCUT2D eigenvalue weighted by Crippen LogP contribution is 2.17. The molecule has 2 aromatic rings. The molecule has 0 aliphatic heterocycles. The molecule has 1 heterocycles. The van der Waals surface area contributed by atoms with Gasteiger partial charge >= 0.3 is 0 Å². The summed E-state index contributed by atoms with van der Waals surface area (Å²) in [5.41, 5.74) is 1.18. The number of carbonyl (C=O) groups excluding carboxylic acids is 1. The zero-order valence-corrected chi connectivity index (χ0v) is 13.8. The van der Waals surface area contributed by atoms with E-state index in [9.17, 15) is 4.79 Å². The fraction of sp³-hybridized carbons (Fsp3) is 0.412. The Hall–Kier alpha value is -1.72. The maximum atomic E-state index is 12.3. The average Bonchev–Trinajstić information content (AvgIpc) is 2.96. The lowest BCUT2D eigenvalue weighted by Gasteiger charge is -2.20.